The van der Waals surface area contributed by atoms with Crippen molar-refractivity contribution in [3.05, 3.63) is 24.0 Å². The molecule has 2 rings (SSSR count). The maximum absolute atomic E-state index is 10.9. The highest BCUT2D eigenvalue weighted by Gasteiger charge is 2.31. The molecule has 1 aliphatic rings. The first-order valence-electron chi connectivity index (χ1n) is 5.38. The maximum atomic E-state index is 10.9. The van der Waals surface area contributed by atoms with E-state index >= 15 is 0 Å². The van der Waals surface area contributed by atoms with E-state index in [1.54, 1.807) is 18.3 Å². The molecule has 1 aliphatic carbocycles. The number of rotatable bonds is 4. The second kappa shape index (κ2) is 4.09. The number of hydrogen-bond donors (Lipinski definition) is 3. The number of hydrogen-bond acceptors (Lipinski definition) is 4. The van der Waals surface area contributed by atoms with Crippen molar-refractivity contribution in [1.82, 2.24) is 4.98 Å². The van der Waals surface area contributed by atoms with Gasteiger partial charge in [-0.25, -0.2) is 0 Å². The molecule has 0 radical (unpaired) electrons. The highest BCUT2D eigenvalue weighted by Crippen LogP contribution is 2.29. The fraction of sp³-hybridized carbons (Fsp3) is 0.455. The van der Waals surface area contributed by atoms with Crippen LogP contribution in [-0.4, -0.2) is 23.0 Å². The van der Waals surface area contributed by atoms with E-state index in [4.69, 9.17) is 11.5 Å². The van der Waals surface area contributed by atoms with Gasteiger partial charge in [-0.05, 0) is 31.4 Å². The number of aromatic nitrogens is 1. The molecular weight excluding hydrogens is 204 g/mol. The van der Waals surface area contributed by atoms with Gasteiger partial charge in [0.2, 0.25) is 0 Å². The molecule has 0 aromatic carbocycles. The van der Waals surface area contributed by atoms with E-state index in [0.717, 1.165) is 25.1 Å². The lowest BCUT2D eigenvalue weighted by molar-refractivity contribution is 0.0995. The van der Waals surface area contributed by atoms with E-state index in [1.165, 1.54) is 6.42 Å². The van der Waals surface area contributed by atoms with Crippen molar-refractivity contribution in [1.29, 1.82) is 0 Å². The lowest BCUT2D eigenvalue weighted by Crippen LogP contribution is -2.51. The van der Waals surface area contributed by atoms with E-state index in [2.05, 4.69) is 10.3 Å². The summed E-state index contributed by atoms with van der Waals surface area (Å²) in [5.74, 6) is -0.519. The van der Waals surface area contributed by atoms with Crippen LogP contribution >= 0.6 is 0 Å². The van der Waals surface area contributed by atoms with Crippen molar-refractivity contribution >= 4 is 11.6 Å². The normalized spacial score (nSPS) is 17.6. The fourth-order valence-corrected chi connectivity index (χ4v) is 1.76. The van der Waals surface area contributed by atoms with Crippen molar-refractivity contribution in [2.75, 3.05) is 11.9 Å². The van der Waals surface area contributed by atoms with Crippen LogP contribution in [0, 0.1) is 0 Å². The van der Waals surface area contributed by atoms with Gasteiger partial charge in [-0.15, -0.1) is 0 Å². The summed E-state index contributed by atoms with van der Waals surface area (Å²) in [5, 5.41) is 3.21. The summed E-state index contributed by atoms with van der Waals surface area (Å²) in [6, 6.07) is 3.44. The Kier molecular flexibility index (Phi) is 2.78. The summed E-state index contributed by atoms with van der Waals surface area (Å²) in [6.45, 7) is 0.717. The van der Waals surface area contributed by atoms with Crippen LogP contribution in [0.1, 0.15) is 29.8 Å². The third-order valence-corrected chi connectivity index (χ3v) is 3.01. The number of pyridine rings is 1. The highest BCUT2D eigenvalue weighted by molar-refractivity contribution is 5.91. The lowest BCUT2D eigenvalue weighted by Gasteiger charge is -2.38. The Morgan fingerprint density at radius 1 is 1.56 bits per heavy atom. The van der Waals surface area contributed by atoms with Gasteiger partial charge in [-0.2, -0.15) is 0 Å². The Labute approximate surface area is 94.2 Å². The maximum Gasteiger partial charge on any atom is 0.267 e. The average Bonchev–Trinajstić information content (AvgIpc) is 2.24. The summed E-state index contributed by atoms with van der Waals surface area (Å²) < 4.78 is 0. The van der Waals surface area contributed by atoms with E-state index in [-0.39, 0.29) is 11.2 Å². The minimum atomic E-state index is -0.519. The molecule has 5 heteroatoms. The van der Waals surface area contributed by atoms with Gasteiger partial charge >= 0.3 is 0 Å². The predicted molar refractivity (Wildman–Crippen MR) is 62.0 cm³/mol. The molecule has 1 aromatic rings. The minimum Gasteiger partial charge on any atom is -0.383 e. The number of primary amides is 1. The Hall–Kier alpha value is -1.62. The molecule has 0 atom stereocenters. The Bertz CT molecular complexity index is 401. The number of nitrogens with zero attached hydrogens (tertiary/aromatic N) is 1. The summed E-state index contributed by atoms with van der Waals surface area (Å²) in [5.41, 5.74) is 12.2. The van der Waals surface area contributed by atoms with Gasteiger partial charge in [0, 0.05) is 24.0 Å². The van der Waals surface area contributed by atoms with Crippen LogP contribution in [0.15, 0.2) is 18.3 Å². The fourth-order valence-electron chi connectivity index (χ4n) is 1.76. The van der Waals surface area contributed by atoms with Crippen LogP contribution in [0.2, 0.25) is 0 Å². The Morgan fingerprint density at radius 2 is 2.31 bits per heavy atom. The first-order valence-corrected chi connectivity index (χ1v) is 5.38. The van der Waals surface area contributed by atoms with E-state index in [0.29, 0.717) is 0 Å². The van der Waals surface area contributed by atoms with Crippen molar-refractivity contribution in [3.8, 4) is 0 Å². The number of nitrogens with one attached hydrogen (secondary N) is 1. The first kappa shape index (κ1) is 10.9. The number of carbonyl (C=O) groups is 1. The van der Waals surface area contributed by atoms with Crippen molar-refractivity contribution in [2.45, 2.75) is 24.8 Å². The summed E-state index contributed by atoms with van der Waals surface area (Å²) >= 11 is 0. The molecule has 0 spiro atoms. The Balaban J connectivity index is 1.98. The van der Waals surface area contributed by atoms with Crippen LogP contribution in [0.4, 0.5) is 5.69 Å². The molecule has 0 unspecified atom stereocenters. The number of nitrogens with two attached hydrogens (primary N) is 2. The largest absolute Gasteiger partial charge is 0.383 e. The van der Waals surface area contributed by atoms with Crippen molar-refractivity contribution in [3.63, 3.8) is 0 Å². The van der Waals surface area contributed by atoms with E-state index in [9.17, 15) is 4.79 Å². The van der Waals surface area contributed by atoms with Crippen LogP contribution in [-0.2, 0) is 0 Å². The molecule has 0 aliphatic heterocycles. The molecule has 0 bridgehead atoms. The van der Waals surface area contributed by atoms with Crippen molar-refractivity contribution in [2.24, 2.45) is 11.5 Å². The number of carbonyl (C=O) groups excluding carboxylic acids is 1. The third-order valence-electron chi connectivity index (χ3n) is 3.01. The predicted octanol–water partition coefficient (Wildman–Crippen LogP) is 0.474. The number of amides is 1. The zero-order valence-corrected chi connectivity index (χ0v) is 9.07. The topological polar surface area (TPSA) is 94.0 Å². The van der Waals surface area contributed by atoms with Gasteiger partial charge in [0.15, 0.2) is 0 Å². The molecule has 1 saturated carbocycles. The third kappa shape index (κ3) is 2.30. The molecular formula is C11H16N4O. The minimum absolute atomic E-state index is 0.0871. The molecule has 1 amide bonds. The van der Waals surface area contributed by atoms with E-state index < -0.39 is 5.91 Å². The second-order valence-corrected chi connectivity index (χ2v) is 4.36. The molecule has 5 N–H and O–H groups in total. The smallest absolute Gasteiger partial charge is 0.267 e. The van der Waals surface area contributed by atoms with Gasteiger partial charge in [0.25, 0.3) is 5.91 Å². The van der Waals surface area contributed by atoms with Crippen molar-refractivity contribution < 1.29 is 4.79 Å². The van der Waals surface area contributed by atoms with Crippen LogP contribution < -0.4 is 16.8 Å². The van der Waals surface area contributed by atoms with E-state index in [1.807, 2.05) is 0 Å². The van der Waals surface area contributed by atoms with Gasteiger partial charge in [-0.3, -0.25) is 9.78 Å². The average molecular weight is 220 g/mol. The summed E-state index contributed by atoms with van der Waals surface area (Å²) in [6.07, 6.45) is 4.86. The highest BCUT2D eigenvalue weighted by atomic mass is 16.1. The molecule has 86 valence electrons. The monoisotopic (exact) mass is 220 g/mol. The molecule has 5 nitrogen and oxygen atoms in total. The number of anilines is 1. The SMILES string of the molecule is NC(=O)c1cc(NCC2(N)CCC2)ccn1. The molecule has 1 aromatic heterocycles. The van der Waals surface area contributed by atoms with Crippen LogP contribution in [0.5, 0.6) is 0 Å². The van der Waals surface area contributed by atoms with Gasteiger partial charge in [0.05, 0.1) is 0 Å². The summed E-state index contributed by atoms with van der Waals surface area (Å²) in [7, 11) is 0. The van der Waals surface area contributed by atoms with Gasteiger partial charge < -0.3 is 16.8 Å². The lowest BCUT2D eigenvalue weighted by atomic mass is 9.78. The zero-order chi connectivity index (χ0) is 11.6. The van der Waals surface area contributed by atoms with Crippen LogP contribution in [0.3, 0.4) is 0 Å². The van der Waals surface area contributed by atoms with Crippen LogP contribution in [0.25, 0.3) is 0 Å². The molecule has 1 heterocycles. The quantitative estimate of drug-likeness (QED) is 0.687. The second-order valence-electron chi connectivity index (χ2n) is 4.36. The van der Waals surface area contributed by atoms with Gasteiger partial charge in [0.1, 0.15) is 5.69 Å². The standard InChI is InChI=1S/C11H16N4O/c12-10(16)9-6-8(2-5-14-9)15-7-11(13)3-1-4-11/h2,5-6H,1,3-4,7,13H2,(H2,12,16)(H,14,15). The Morgan fingerprint density at radius 3 is 2.88 bits per heavy atom. The summed E-state index contributed by atoms with van der Waals surface area (Å²) in [4.78, 5) is 14.8. The molecule has 16 heavy (non-hydrogen) atoms. The molecule has 1 fully saturated rings. The first-order chi connectivity index (χ1) is 7.59. The van der Waals surface area contributed by atoms with Gasteiger partial charge in [-0.1, -0.05) is 0 Å². The molecule has 0 saturated heterocycles. The zero-order valence-electron chi connectivity index (χ0n) is 9.07.